The molecule has 92 valence electrons. The smallest absolute Gasteiger partial charge is 0.0766 e. The predicted molar refractivity (Wildman–Crippen MR) is 67.9 cm³/mol. The van der Waals surface area contributed by atoms with E-state index in [0.29, 0.717) is 0 Å². The monoisotopic (exact) mass is 231 g/mol. The normalized spacial score (nSPS) is 32.1. The van der Waals surface area contributed by atoms with E-state index in [9.17, 15) is 0 Å². The molecular weight excluding hydrogens is 210 g/mol. The van der Waals surface area contributed by atoms with E-state index in [2.05, 4.69) is 24.9 Å². The van der Waals surface area contributed by atoms with Crippen molar-refractivity contribution in [2.75, 3.05) is 6.61 Å². The molecular formula is C15H21NO. The van der Waals surface area contributed by atoms with Crippen molar-refractivity contribution in [3.63, 3.8) is 0 Å². The Bertz CT molecular complexity index is 388. The molecule has 2 nitrogen and oxygen atoms in total. The number of ether oxygens (including phenoxy) is 1. The summed E-state index contributed by atoms with van der Waals surface area (Å²) >= 11 is 0. The summed E-state index contributed by atoms with van der Waals surface area (Å²) in [7, 11) is 0. The summed E-state index contributed by atoms with van der Waals surface area (Å²) in [5.74, 6) is 1.60. The van der Waals surface area contributed by atoms with Crippen LogP contribution in [-0.2, 0) is 17.6 Å². The SMILES string of the molecule is CC(C)C1CCOC2(Cc3ccncc3C2)C1. The molecule has 2 unspecified atom stereocenters. The molecule has 0 saturated carbocycles. The highest BCUT2D eigenvalue weighted by Gasteiger charge is 2.42. The summed E-state index contributed by atoms with van der Waals surface area (Å²) in [5, 5.41) is 0. The molecule has 1 aliphatic heterocycles. The number of pyridine rings is 1. The van der Waals surface area contributed by atoms with Crippen molar-refractivity contribution in [3.8, 4) is 0 Å². The summed E-state index contributed by atoms with van der Waals surface area (Å²) in [6.07, 6.45) is 8.54. The molecule has 3 rings (SSSR count). The van der Waals surface area contributed by atoms with Crippen LogP contribution < -0.4 is 0 Å². The Balaban J connectivity index is 1.81. The molecule has 2 atom stereocenters. The van der Waals surface area contributed by atoms with Gasteiger partial charge < -0.3 is 4.74 Å². The maximum atomic E-state index is 6.16. The van der Waals surface area contributed by atoms with Gasteiger partial charge in [-0.2, -0.15) is 0 Å². The second kappa shape index (κ2) is 4.09. The first kappa shape index (κ1) is 11.2. The van der Waals surface area contributed by atoms with E-state index >= 15 is 0 Å². The topological polar surface area (TPSA) is 22.1 Å². The van der Waals surface area contributed by atoms with Crippen LogP contribution in [-0.4, -0.2) is 17.2 Å². The summed E-state index contributed by atoms with van der Waals surface area (Å²) in [6.45, 7) is 5.62. The number of aromatic nitrogens is 1. The number of fused-ring (bicyclic) bond motifs is 1. The highest BCUT2D eigenvalue weighted by molar-refractivity contribution is 5.33. The van der Waals surface area contributed by atoms with Crippen LogP contribution in [0.15, 0.2) is 18.5 Å². The van der Waals surface area contributed by atoms with Gasteiger partial charge in [-0.1, -0.05) is 13.8 Å². The Labute approximate surface area is 103 Å². The van der Waals surface area contributed by atoms with Crippen LogP contribution in [0.5, 0.6) is 0 Å². The van der Waals surface area contributed by atoms with Crippen molar-refractivity contribution in [1.82, 2.24) is 4.98 Å². The minimum absolute atomic E-state index is 0.0958. The van der Waals surface area contributed by atoms with E-state index in [4.69, 9.17) is 4.74 Å². The minimum atomic E-state index is 0.0958. The summed E-state index contributed by atoms with van der Waals surface area (Å²) in [6, 6.07) is 2.16. The number of rotatable bonds is 1. The highest BCUT2D eigenvalue weighted by atomic mass is 16.5. The fraction of sp³-hybridized carbons (Fsp3) is 0.667. The van der Waals surface area contributed by atoms with Crippen molar-refractivity contribution in [2.45, 2.75) is 45.1 Å². The quantitative estimate of drug-likeness (QED) is 0.741. The van der Waals surface area contributed by atoms with Gasteiger partial charge in [0.1, 0.15) is 0 Å². The highest BCUT2D eigenvalue weighted by Crippen LogP contribution is 2.42. The van der Waals surface area contributed by atoms with Gasteiger partial charge in [0.2, 0.25) is 0 Å². The molecule has 1 aromatic heterocycles. The fourth-order valence-electron chi connectivity index (χ4n) is 3.43. The first-order chi connectivity index (χ1) is 8.19. The zero-order valence-corrected chi connectivity index (χ0v) is 10.8. The van der Waals surface area contributed by atoms with E-state index in [-0.39, 0.29) is 5.60 Å². The maximum absolute atomic E-state index is 6.16. The third-order valence-corrected chi connectivity index (χ3v) is 4.50. The second-order valence-corrected chi connectivity index (χ2v) is 6.03. The molecule has 2 aliphatic rings. The summed E-state index contributed by atoms with van der Waals surface area (Å²) in [4.78, 5) is 4.23. The van der Waals surface area contributed by atoms with E-state index in [1.165, 1.54) is 24.0 Å². The first-order valence-electron chi connectivity index (χ1n) is 6.74. The molecule has 0 N–H and O–H groups in total. The molecule has 1 aliphatic carbocycles. The maximum Gasteiger partial charge on any atom is 0.0766 e. The Morgan fingerprint density at radius 2 is 2.18 bits per heavy atom. The van der Waals surface area contributed by atoms with Crippen LogP contribution in [0.3, 0.4) is 0 Å². The van der Waals surface area contributed by atoms with Gasteiger partial charge in [-0.05, 0) is 41.9 Å². The van der Waals surface area contributed by atoms with Gasteiger partial charge in [-0.15, -0.1) is 0 Å². The number of nitrogens with zero attached hydrogens (tertiary/aromatic N) is 1. The van der Waals surface area contributed by atoms with Crippen LogP contribution in [0.25, 0.3) is 0 Å². The van der Waals surface area contributed by atoms with E-state index in [0.717, 1.165) is 31.3 Å². The number of hydrogen-bond donors (Lipinski definition) is 0. The Kier molecular flexibility index (Phi) is 2.70. The molecule has 1 spiro atoms. The van der Waals surface area contributed by atoms with Crippen LogP contribution in [0.1, 0.15) is 37.8 Å². The van der Waals surface area contributed by atoms with Gasteiger partial charge in [0.25, 0.3) is 0 Å². The molecule has 0 aromatic carbocycles. The molecule has 17 heavy (non-hydrogen) atoms. The minimum Gasteiger partial charge on any atom is -0.374 e. The molecule has 0 bridgehead atoms. The standard InChI is InChI=1S/C15H21NO/c1-11(2)12-4-6-17-15(7-12)8-13-3-5-16-10-14(13)9-15/h3,5,10-12H,4,6-9H2,1-2H3. The number of hydrogen-bond acceptors (Lipinski definition) is 2. The van der Waals surface area contributed by atoms with Crippen molar-refractivity contribution in [2.24, 2.45) is 11.8 Å². The zero-order valence-electron chi connectivity index (χ0n) is 10.8. The first-order valence-corrected chi connectivity index (χ1v) is 6.74. The lowest BCUT2D eigenvalue weighted by atomic mass is 9.78. The van der Waals surface area contributed by atoms with Gasteiger partial charge >= 0.3 is 0 Å². The second-order valence-electron chi connectivity index (χ2n) is 6.03. The molecule has 2 heteroatoms. The van der Waals surface area contributed by atoms with Crippen LogP contribution in [0.2, 0.25) is 0 Å². The van der Waals surface area contributed by atoms with Crippen molar-refractivity contribution >= 4 is 0 Å². The van der Waals surface area contributed by atoms with Crippen molar-refractivity contribution in [3.05, 3.63) is 29.6 Å². The third-order valence-electron chi connectivity index (χ3n) is 4.50. The third kappa shape index (κ3) is 1.99. The van der Waals surface area contributed by atoms with Crippen LogP contribution >= 0.6 is 0 Å². The molecule has 1 fully saturated rings. The summed E-state index contributed by atoms with van der Waals surface area (Å²) < 4.78 is 6.16. The largest absolute Gasteiger partial charge is 0.374 e. The zero-order chi connectivity index (χ0) is 11.9. The Morgan fingerprint density at radius 1 is 1.35 bits per heavy atom. The predicted octanol–water partition coefficient (Wildman–Crippen LogP) is 3.00. The van der Waals surface area contributed by atoms with E-state index < -0.39 is 0 Å². The lowest BCUT2D eigenvalue weighted by Gasteiger charge is -2.40. The average molecular weight is 231 g/mol. The lowest BCUT2D eigenvalue weighted by Crippen LogP contribution is -2.41. The average Bonchev–Trinajstić information content (AvgIpc) is 2.66. The molecule has 0 amide bonds. The van der Waals surface area contributed by atoms with E-state index in [1.54, 1.807) is 0 Å². The van der Waals surface area contributed by atoms with Crippen LogP contribution in [0, 0.1) is 11.8 Å². The molecule has 1 saturated heterocycles. The Morgan fingerprint density at radius 3 is 2.94 bits per heavy atom. The lowest BCUT2D eigenvalue weighted by molar-refractivity contribution is -0.0973. The van der Waals surface area contributed by atoms with Crippen molar-refractivity contribution < 1.29 is 4.74 Å². The van der Waals surface area contributed by atoms with Crippen molar-refractivity contribution in [1.29, 1.82) is 0 Å². The van der Waals surface area contributed by atoms with Gasteiger partial charge in [-0.3, -0.25) is 4.98 Å². The Hall–Kier alpha value is -0.890. The van der Waals surface area contributed by atoms with Gasteiger partial charge in [0, 0.05) is 31.8 Å². The van der Waals surface area contributed by atoms with Gasteiger partial charge in [-0.25, -0.2) is 0 Å². The van der Waals surface area contributed by atoms with Gasteiger partial charge in [0.05, 0.1) is 5.60 Å². The fourth-order valence-corrected chi connectivity index (χ4v) is 3.43. The molecule has 0 radical (unpaired) electrons. The summed E-state index contributed by atoms with van der Waals surface area (Å²) in [5.41, 5.74) is 2.94. The molecule has 1 aromatic rings. The van der Waals surface area contributed by atoms with Crippen LogP contribution in [0.4, 0.5) is 0 Å². The molecule has 2 heterocycles. The van der Waals surface area contributed by atoms with Gasteiger partial charge in [0.15, 0.2) is 0 Å². The van der Waals surface area contributed by atoms with E-state index in [1.807, 2.05) is 12.4 Å².